The zero-order chi connectivity index (χ0) is 12.3. The second-order valence-electron chi connectivity index (χ2n) is 4.71. The molecule has 1 nitrogen and oxygen atoms in total. The summed E-state index contributed by atoms with van der Waals surface area (Å²) in [5, 5.41) is 0.356. The lowest BCUT2D eigenvalue weighted by Crippen LogP contribution is -2.19. The van der Waals surface area contributed by atoms with Crippen LogP contribution in [-0.2, 0) is 11.2 Å². The average molecular weight is 255 g/mol. The van der Waals surface area contributed by atoms with E-state index in [4.69, 9.17) is 11.6 Å². The average Bonchev–Trinajstić information content (AvgIpc) is 2.34. The highest BCUT2D eigenvalue weighted by Crippen LogP contribution is 2.27. The molecule has 0 spiro atoms. The molecular weight excluding hydrogens is 239 g/mol. The van der Waals surface area contributed by atoms with Gasteiger partial charge >= 0.3 is 0 Å². The van der Waals surface area contributed by atoms with Crippen molar-refractivity contribution < 1.29 is 9.18 Å². The summed E-state index contributed by atoms with van der Waals surface area (Å²) in [6.45, 7) is 0. The topological polar surface area (TPSA) is 17.1 Å². The molecule has 0 N–H and O–H groups in total. The summed E-state index contributed by atoms with van der Waals surface area (Å²) in [6, 6.07) is 4.23. The maximum Gasteiger partial charge on any atom is 0.140 e. The van der Waals surface area contributed by atoms with Crippen molar-refractivity contribution in [1.82, 2.24) is 0 Å². The largest absolute Gasteiger partial charge is 0.299 e. The van der Waals surface area contributed by atoms with Gasteiger partial charge in [0.1, 0.15) is 11.6 Å². The second kappa shape index (κ2) is 5.63. The minimum atomic E-state index is -0.358. The maximum absolute atomic E-state index is 12.9. The first-order valence-corrected chi connectivity index (χ1v) is 6.51. The number of rotatable bonds is 3. The van der Waals surface area contributed by atoms with Gasteiger partial charge in [-0.2, -0.15) is 0 Å². The van der Waals surface area contributed by atoms with Gasteiger partial charge in [0.15, 0.2) is 0 Å². The predicted molar refractivity (Wildman–Crippen MR) is 66.7 cm³/mol. The number of ketones is 1. The van der Waals surface area contributed by atoms with Gasteiger partial charge in [0.05, 0.1) is 0 Å². The molecule has 1 aliphatic carbocycles. The van der Waals surface area contributed by atoms with Gasteiger partial charge in [-0.1, -0.05) is 36.9 Å². The van der Waals surface area contributed by atoms with E-state index in [0.29, 0.717) is 11.4 Å². The van der Waals surface area contributed by atoms with Crippen LogP contribution in [0, 0.1) is 11.7 Å². The molecule has 92 valence electrons. The molecule has 17 heavy (non-hydrogen) atoms. The van der Waals surface area contributed by atoms with Crippen molar-refractivity contribution in [2.24, 2.45) is 5.92 Å². The normalized spacial score (nSPS) is 17.1. The van der Waals surface area contributed by atoms with E-state index in [9.17, 15) is 9.18 Å². The number of hydrogen-bond acceptors (Lipinski definition) is 1. The lowest BCUT2D eigenvalue weighted by molar-refractivity contribution is -0.123. The highest BCUT2D eigenvalue weighted by atomic mass is 35.5. The van der Waals surface area contributed by atoms with Crippen molar-refractivity contribution in [1.29, 1.82) is 0 Å². The third-order valence-corrected chi connectivity index (χ3v) is 3.79. The molecular formula is C14H16ClFO. The van der Waals surface area contributed by atoms with Gasteiger partial charge in [0.25, 0.3) is 0 Å². The number of carbonyl (C=O) groups is 1. The zero-order valence-corrected chi connectivity index (χ0v) is 10.5. The Hall–Kier alpha value is -0.890. The van der Waals surface area contributed by atoms with Crippen molar-refractivity contribution in [2.75, 3.05) is 0 Å². The predicted octanol–water partition coefficient (Wildman–Crippen LogP) is 4.17. The van der Waals surface area contributed by atoms with Crippen molar-refractivity contribution in [3.8, 4) is 0 Å². The standard InChI is InChI=1S/C14H16ClFO/c15-13-9-12(16)7-6-11(13)8-14(17)10-4-2-1-3-5-10/h6-7,9-10H,1-5,8H2. The fourth-order valence-corrected chi connectivity index (χ4v) is 2.66. The Morgan fingerprint density at radius 1 is 1.29 bits per heavy atom. The van der Waals surface area contributed by atoms with Crippen molar-refractivity contribution in [2.45, 2.75) is 38.5 Å². The van der Waals surface area contributed by atoms with Gasteiger partial charge in [0.2, 0.25) is 0 Å². The Balaban J connectivity index is 2.02. The Bertz CT molecular complexity index is 411. The van der Waals surface area contributed by atoms with Crippen molar-refractivity contribution >= 4 is 17.4 Å². The highest BCUT2D eigenvalue weighted by Gasteiger charge is 2.21. The number of carbonyl (C=O) groups excluding carboxylic acids is 1. The van der Waals surface area contributed by atoms with Crippen LogP contribution in [0.4, 0.5) is 4.39 Å². The van der Waals surface area contributed by atoms with Crippen LogP contribution in [0.3, 0.4) is 0 Å². The van der Waals surface area contributed by atoms with Crippen LogP contribution >= 0.6 is 11.6 Å². The van der Waals surface area contributed by atoms with Gasteiger partial charge < -0.3 is 0 Å². The molecule has 3 heteroatoms. The summed E-state index contributed by atoms with van der Waals surface area (Å²) in [4.78, 5) is 12.1. The van der Waals surface area contributed by atoms with Crippen molar-refractivity contribution in [3.63, 3.8) is 0 Å². The fraction of sp³-hybridized carbons (Fsp3) is 0.500. The smallest absolute Gasteiger partial charge is 0.140 e. The van der Waals surface area contributed by atoms with E-state index < -0.39 is 0 Å². The van der Waals surface area contributed by atoms with E-state index in [-0.39, 0.29) is 17.5 Å². The Morgan fingerprint density at radius 3 is 2.65 bits per heavy atom. The molecule has 1 saturated carbocycles. The lowest BCUT2D eigenvalue weighted by atomic mass is 9.84. The van der Waals surface area contributed by atoms with Crippen LogP contribution in [0.1, 0.15) is 37.7 Å². The molecule has 0 bridgehead atoms. The first kappa shape index (κ1) is 12.6. The monoisotopic (exact) mass is 254 g/mol. The van der Waals surface area contributed by atoms with Crippen molar-refractivity contribution in [3.05, 3.63) is 34.6 Å². The van der Waals surface area contributed by atoms with E-state index in [1.54, 1.807) is 6.07 Å². The number of benzene rings is 1. The van der Waals surface area contributed by atoms with E-state index >= 15 is 0 Å². The first-order valence-electron chi connectivity index (χ1n) is 6.13. The molecule has 0 unspecified atom stereocenters. The van der Waals surface area contributed by atoms with Crippen LogP contribution < -0.4 is 0 Å². The lowest BCUT2D eigenvalue weighted by Gasteiger charge is -2.20. The molecule has 0 aliphatic heterocycles. The molecule has 0 aromatic heterocycles. The SMILES string of the molecule is O=C(Cc1ccc(F)cc1Cl)C1CCCCC1. The Labute approximate surface area is 106 Å². The van der Waals surface area contributed by atoms with Gasteiger partial charge in [0, 0.05) is 17.4 Å². The molecule has 0 amide bonds. The van der Waals surface area contributed by atoms with Crippen LogP contribution in [0.25, 0.3) is 0 Å². The third kappa shape index (κ3) is 3.29. The molecule has 1 aromatic rings. The molecule has 1 aliphatic rings. The second-order valence-corrected chi connectivity index (χ2v) is 5.12. The van der Waals surface area contributed by atoms with Crippen LogP contribution in [0.5, 0.6) is 0 Å². The first-order chi connectivity index (χ1) is 8.16. The summed E-state index contributed by atoms with van der Waals surface area (Å²) < 4.78 is 12.9. The van der Waals surface area contributed by atoms with Gasteiger partial charge in [-0.05, 0) is 30.5 Å². The quantitative estimate of drug-likeness (QED) is 0.791. The summed E-state index contributed by atoms with van der Waals surface area (Å²) in [5.41, 5.74) is 0.739. The number of hydrogen-bond donors (Lipinski definition) is 0. The Kier molecular flexibility index (Phi) is 4.16. The molecule has 1 fully saturated rings. The molecule has 0 saturated heterocycles. The summed E-state index contributed by atoms with van der Waals surface area (Å²) >= 11 is 5.92. The zero-order valence-electron chi connectivity index (χ0n) is 9.72. The van der Waals surface area contributed by atoms with Crippen LogP contribution in [0.2, 0.25) is 5.02 Å². The van der Waals surface area contributed by atoms with E-state index in [1.807, 2.05) is 0 Å². The molecule has 1 aromatic carbocycles. The molecule has 0 heterocycles. The van der Waals surface area contributed by atoms with Gasteiger partial charge in [-0.3, -0.25) is 4.79 Å². The summed E-state index contributed by atoms with van der Waals surface area (Å²) in [5.74, 6) is 0.0759. The number of Topliss-reactive ketones (excluding diaryl/α,β-unsaturated/α-hetero) is 1. The van der Waals surface area contributed by atoms with Gasteiger partial charge in [-0.15, -0.1) is 0 Å². The van der Waals surface area contributed by atoms with E-state index in [2.05, 4.69) is 0 Å². The molecule has 2 rings (SSSR count). The highest BCUT2D eigenvalue weighted by molar-refractivity contribution is 6.31. The maximum atomic E-state index is 12.9. The molecule has 0 radical (unpaired) electrons. The third-order valence-electron chi connectivity index (χ3n) is 3.44. The van der Waals surface area contributed by atoms with E-state index in [0.717, 1.165) is 31.2 Å². The molecule has 0 atom stereocenters. The van der Waals surface area contributed by atoms with Crippen LogP contribution in [-0.4, -0.2) is 5.78 Å². The van der Waals surface area contributed by atoms with E-state index in [1.165, 1.54) is 18.6 Å². The summed E-state index contributed by atoms with van der Waals surface area (Å²) in [6.07, 6.45) is 5.86. The fourth-order valence-electron chi connectivity index (χ4n) is 2.42. The number of halogens is 2. The van der Waals surface area contributed by atoms with Crippen LogP contribution in [0.15, 0.2) is 18.2 Å². The Morgan fingerprint density at radius 2 is 2.00 bits per heavy atom. The minimum Gasteiger partial charge on any atom is -0.299 e. The summed E-state index contributed by atoms with van der Waals surface area (Å²) in [7, 11) is 0. The van der Waals surface area contributed by atoms with Gasteiger partial charge in [-0.25, -0.2) is 4.39 Å². The minimum absolute atomic E-state index is 0.185.